The molecule has 0 aliphatic carbocycles. The molecule has 0 fully saturated rings. The van der Waals surface area contributed by atoms with E-state index in [1.54, 1.807) is 0 Å². The summed E-state index contributed by atoms with van der Waals surface area (Å²) in [5.41, 5.74) is 0.548. The lowest BCUT2D eigenvalue weighted by Crippen LogP contribution is -2.12. The maximum atomic E-state index is 11.6. The topological polar surface area (TPSA) is 35.1 Å². The van der Waals surface area contributed by atoms with Crippen LogP contribution in [-0.4, -0.2) is 7.10 Å². The fourth-order valence-corrected chi connectivity index (χ4v) is 2.91. The third-order valence-corrected chi connectivity index (χ3v) is 3.61. The van der Waals surface area contributed by atoms with Crippen LogP contribution < -0.4 is 5.76 Å². The van der Waals surface area contributed by atoms with E-state index >= 15 is 0 Å². The van der Waals surface area contributed by atoms with Crippen molar-refractivity contribution in [2.24, 2.45) is 0 Å². The molecule has 17 heavy (non-hydrogen) atoms. The predicted octanol–water partition coefficient (Wildman–Crippen LogP) is 4.73. The van der Waals surface area contributed by atoms with Crippen molar-refractivity contribution in [1.29, 1.82) is 0 Å². The van der Waals surface area contributed by atoms with Gasteiger partial charge in [-0.1, -0.05) is 58.0 Å². The summed E-state index contributed by atoms with van der Waals surface area (Å²) in [5.74, 6) is -0.694. The van der Waals surface area contributed by atoms with Crippen molar-refractivity contribution in [2.75, 3.05) is 0 Å². The second-order valence-electron chi connectivity index (χ2n) is 2.94. The fourth-order valence-electron chi connectivity index (χ4n) is 1.22. The fraction of sp³-hybridized carbons (Fsp3) is 0.125. The Morgan fingerprint density at radius 3 is 2.47 bits per heavy atom. The number of oxazole rings is 1. The summed E-state index contributed by atoms with van der Waals surface area (Å²) in [5, 5.41) is 0.565. The SMILES string of the molecule is O=c1oc2c(Cl)cc(Cl)cc2n1SC(Cl)(Cl)Cl. The first-order valence-corrected chi connectivity index (χ1v) is 6.71. The van der Waals surface area contributed by atoms with Gasteiger partial charge in [0, 0.05) is 17.0 Å². The molecular weight excluding hydrogens is 351 g/mol. The molecule has 0 amide bonds. The Kier molecular flexibility index (Phi) is 3.84. The summed E-state index contributed by atoms with van der Waals surface area (Å²) in [7, 11) is 0. The highest BCUT2D eigenvalue weighted by atomic mass is 35.6. The number of hydrogen-bond donors (Lipinski definition) is 0. The number of fused-ring (bicyclic) bond motifs is 1. The number of hydrogen-bond acceptors (Lipinski definition) is 3. The molecule has 0 saturated carbocycles. The van der Waals surface area contributed by atoms with E-state index in [1.807, 2.05) is 0 Å². The second kappa shape index (κ2) is 4.76. The molecule has 1 heterocycles. The number of nitrogens with zero attached hydrogens (tertiary/aromatic N) is 1. The number of benzene rings is 1. The molecule has 0 bridgehead atoms. The van der Waals surface area contributed by atoms with Gasteiger partial charge in [-0.3, -0.25) is 0 Å². The van der Waals surface area contributed by atoms with Crippen LogP contribution in [0.4, 0.5) is 0 Å². The first-order valence-electron chi connectivity index (χ1n) is 4.05. The summed E-state index contributed by atoms with van der Waals surface area (Å²) in [6.07, 6.45) is 0. The van der Waals surface area contributed by atoms with Gasteiger partial charge in [-0.2, -0.15) is 0 Å². The van der Waals surface area contributed by atoms with Crippen molar-refractivity contribution < 1.29 is 4.42 Å². The number of rotatable bonds is 1. The van der Waals surface area contributed by atoms with Gasteiger partial charge in [0.05, 0.1) is 5.02 Å². The van der Waals surface area contributed by atoms with Crippen LogP contribution >= 0.6 is 70.0 Å². The molecule has 0 spiro atoms. The van der Waals surface area contributed by atoms with Gasteiger partial charge in [0.1, 0.15) is 5.52 Å². The molecule has 2 rings (SSSR count). The van der Waals surface area contributed by atoms with Crippen molar-refractivity contribution in [3.8, 4) is 0 Å². The van der Waals surface area contributed by atoms with Crippen LogP contribution in [-0.2, 0) is 0 Å². The van der Waals surface area contributed by atoms with E-state index in [4.69, 9.17) is 62.4 Å². The van der Waals surface area contributed by atoms with Gasteiger partial charge in [0.25, 0.3) is 3.12 Å². The lowest BCUT2D eigenvalue weighted by Gasteiger charge is -2.09. The van der Waals surface area contributed by atoms with Crippen LogP contribution in [0.5, 0.6) is 0 Å². The van der Waals surface area contributed by atoms with Crippen LogP contribution in [0.15, 0.2) is 21.3 Å². The van der Waals surface area contributed by atoms with Gasteiger partial charge in [-0.05, 0) is 12.1 Å². The van der Waals surface area contributed by atoms with Crippen LogP contribution in [0.2, 0.25) is 10.0 Å². The number of aromatic nitrogens is 1. The van der Waals surface area contributed by atoms with Crippen molar-refractivity contribution >= 4 is 81.1 Å². The first kappa shape index (κ1) is 13.7. The van der Waals surface area contributed by atoms with Gasteiger partial charge >= 0.3 is 5.76 Å². The van der Waals surface area contributed by atoms with Gasteiger partial charge in [-0.15, -0.1) is 0 Å². The Labute approximate surface area is 125 Å². The highest BCUT2D eigenvalue weighted by molar-refractivity contribution is 8.03. The summed E-state index contributed by atoms with van der Waals surface area (Å²) in [6, 6.07) is 2.95. The zero-order valence-electron chi connectivity index (χ0n) is 7.72. The van der Waals surface area contributed by atoms with Crippen LogP contribution in [0, 0.1) is 0 Å². The quantitative estimate of drug-likeness (QED) is 0.696. The predicted molar refractivity (Wildman–Crippen MR) is 73.8 cm³/mol. The maximum Gasteiger partial charge on any atom is 0.430 e. The molecule has 0 aliphatic heterocycles. The van der Waals surface area contributed by atoms with E-state index in [1.165, 1.54) is 12.1 Å². The Bertz CT molecular complexity index is 629. The molecule has 0 N–H and O–H groups in total. The third-order valence-electron chi connectivity index (χ3n) is 1.76. The number of alkyl halides is 3. The monoisotopic (exact) mass is 351 g/mol. The lowest BCUT2D eigenvalue weighted by atomic mass is 10.3. The summed E-state index contributed by atoms with van der Waals surface area (Å²) in [6.45, 7) is 0. The molecule has 3 nitrogen and oxygen atoms in total. The molecule has 0 atom stereocenters. The minimum Gasteiger partial charge on any atom is -0.405 e. The van der Waals surface area contributed by atoms with Crippen LogP contribution in [0.25, 0.3) is 11.1 Å². The van der Waals surface area contributed by atoms with Crippen molar-refractivity contribution in [3.63, 3.8) is 0 Å². The van der Waals surface area contributed by atoms with Gasteiger partial charge in [-0.25, -0.2) is 8.77 Å². The molecule has 1 aromatic heterocycles. The maximum absolute atomic E-state index is 11.6. The van der Waals surface area contributed by atoms with E-state index in [0.29, 0.717) is 22.5 Å². The van der Waals surface area contributed by atoms with Crippen molar-refractivity contribution in [1.82, 2.24) is 3.97 Å². The Balaban J connectivity index is 2.71. The highest BCUT2D eigenvalue weighted by Crippen LogP contribution is 2.41. The zero-order valence-corrected chi connectivity index (χ0v) is 12.3. The van der Waals surface area contributed by atoms with Crippen molar-refractivity contribution in [2.45, 2.75) is 3.12 Å². The van der Waals surface area contributed by atoms with Gasteiger partial charge < -0.3 is 4.42 Å². The zero-order chi connectivity index (χ0) is 12.8. The first-order chi connectivity index (χ1) is 7.78. The van der Waals surface area contributed by atoms with E-state index in [2.05, 4.69) is 0 Å². The van der Waals surface area contributed by atoms with Gasteiger partial charge in [0.15, 0.2) is 5.58 Å². The standard InChI is InChI=1S/C8H2Cl5NO2S/c9-3-1-4(10)6-5(2-3)14(7(15)16-6)17-8(11,12)13/h1-2H. The van der Waals surface area contributed by atoms with E-state index in [0.717, 1.165) is 3.97 Å². The third kappa shape index (κ3) is 3.00. The molecule has 0 aliphatic rings. The average Bonchev–Trinajstić information content (AvgIpc) is 2.43. The molecule has 92 valence electrons. The molecule has 9 heteroatoms. The highest BCUT2D eigenvalue weighted by Gasteiger charge is 2.26. The molecule has 1 aromatic carbocycles. The van der Waals surface area contributed by atoms with Crippen molar-refractivity contribution in [3.05, 3.63) is 32.7 Å². The normalized spacial score (nSPS) is 12.3. The Hall–Kier alpha value is 0.290. The molecular formula is C8H2Cl5NO2S. The van der Waals surface area contributed by atoms with E-state index in [-0.39, 0.29) is 10.6 Å². The smallest absolute Gasteiger partial charge is 0.405 e. The van der Waals surface area contributed by atoms with Crippen LogP contribution in [0.3, 0.4) is 0 Å². The summed E-state index contributed by atoms with van der Waals surface area (Å²) < 4.78 is 4.34. The summed E-state index contributed by atoms with van der Waals surface area (Å²) >= 11 is 29.2. The average molecular weight is 353 g/mol. The van der Waals surface area contributed by atoms with Gasteiger partial charge in [0.2, 0.25) is 0 Å². The molecule has 0 unspecified atom stereocenters. The van der Waals surface area contributed by atoms with E-state index in [9.17, 15) is 4.79 Å². The lowest BCUT2D eigenvalue weighted by molar-refractivity contribution is 0.550. The molecule has 2 aromatic rings. The second-order valence-corrected chi connectivity index (χ2v) is 7.89. The molecule has 0 radical (unpaired) electrons. The Morgan fingerprint density at radius 1 is 1.24 bits per heavy atom. The minimum absolute atomic E-state index is 0.197. The minimum atomic E-state index is -1.70. The Morgan fingerprint density at radius 2 is 1.88 bits per heavy atom. The van der Waals surface area contributed by atoms with Crippen LogP contribution in [0.1, 0.15) is 0 Å². The largest absolute Gasteiger partial charge is 0.430 e. The number of halogens is 5. The molecule has 0 saturated heterocycles. The van der Waals surface area contributed by atoms with E-state index < -0.39 is 8.88 Å². The summed E-state index contributed by atoms with van der Waals surface area (Å²) in [4.78, 5) is 11.6.